The van der Waals surface area contributed by atoms with E-state index in [1.54, 1.807) is 68.8 Å². The zero-order valence-electron chi connectivity index (χ0n) is 22.4. The van der Waals surface area contributed by atoms with Crippen LogP contribution in [0, 0.1) is 73.0 Å². The van der Waals surface area contributed by atoms with Crippen molar-refractivity contribution in [2.75, 3.05) is 0 Å². The zero-order valence-corrected chi connectivity index (χ0v) is 26.5. The lowest BCUT2D eigenvalue weighted by molar-refractivity contribution is 1.39. The highest BCUT2D eigenvalue weighted by Gasteiger charge is 2.18. The smallest absolute Gasteiger partial charge is 0.131 e. The molecule has 0 atom stereocenters. The molecule has 0 aliphatic rings. The van der Waals surface area contributed by atoms with Crippen molar-refractivity contribution < 1.29 is 0 Å². The van der Waals surface area contributed by atoms with Crippen molar-refractivity contribution in [1.29, 1.82) is 21.0 Å². The first-order valence-corrected chi connectivity index (χ1v) is 16.4. The molecule has 0 N–H and O–H groups in total. The molecule has 0 unspecified atom stereocenters. The van der Waals surface area contributed by atoms with Gasteiger partial charge in [-0.25, -0.2) is 0 Å². The number of hydrogen-bond donors (Lipinski definition) is 0. The lowest BCUT2D eigenvalue weighted by atomic mass is 10.1. The first-order chi connectivity index (χ1) is 19.8. The van der Waals surface area contributed by atoms with E-state index in [-0.39, 0.29) is 11.1 Å². The predicted octanol–water partition coefficient (Wildman–Crippen LogP) is 10.8. The molecular weight excluding hydrogens is 601 g/mol. The Labute approximate surface area is 258 Å². The van der Waals surface area contributed by atoms with Crippen LogP contribution in [-0.4, -0.2) is 0 Å². The minimum atomic E-state index is 0.115. The first-order valence-electron chi connectivity index (χ1n) is 12.3. The predicted molar refractivity (Wildman–Crippen MR) is 175 cm³/mol. The minimum Gasteiger partial charge on any atom is -0.192 e. The molecule has 0 fully saturated rings. The maximum atomic E-state index is 9.16. The van der Waals surface area contributed by atoms with Gasteiger partial charge in [0.1, 0.15) is 35.4 Å². The van der Waals surface area contributed by atoms with Crippen LogP contribution in [0.3, 0.4) is 0 Å². The molecule has 0 aromatic carbocycles. The largest absolute Gasteiger partial charge is 0.192 e. The van der Waals surface area contributed by atoms with Gasteiger partial charge in [-0.1, -0.05) is 0 Å². The molecule has 5 rings (SSSR count). The molecule has 0 aliphatic carbocycles. The van der Waals surface area contributed by atoms with Gasteiger partial charge in [0.2, 0.25) is 0 Å². The average Bonchev–Trinajstić information content (AvgIpc) is 3.81. The second kappa shape index (κ2) is 11.8. The fourth-order valence-electron chi connectivity index (χ4n) is 4.21. The standard InChI is InChI=1S/C32H20N4S5/c1-17-19(3)31(40-29(17)11-21(13-33)14-34)27-9-7-25(38-27)23-5-6-24(37-23)26-8-10-28(39-26)32-20(4)18(2)30(41-32)12-22(15-35)16-36/h5-12H,1-4H3. The normalized spacial score (nSPS) is 10.3. The van der Waals surface area contributed by atoms with Crippen LogP contribution in [0.15, 0.2) is 47.5 Å². The van der Waals surface area contributed by atoms with Gasteiger partial charge in [-0.2, -0.15) is 21.0 Å². The summed E-state index contributed by atoms with van der Waals surface area (Å²) in [5.74, 6) is 0. The van der Waals surface area contributed by atoms with Crippen LogP contribution in [0.2, 0.25) is 0 Å². The fourth-order valence-corrected chi connectivity index (χ4v) is 10.3. The van der Waals surface area contributed by atoms with Gasteiger partial charge in [-0.3, -0.25) is 0 Å². The summed E-state index contributed by atoms with van der Waals surface area (Å²) in [5, 5.41) is 36.6. The average molecular weight is 621 g/mol. The van der Waals surface area contributed by atoms with Gasteiger partial charge in [0.05, 0.1) is 0 Å². The molecule has 5 aromatic rings. The highest BCUT2D eigenvalue weighted by Crippen LogP contribution is 2.47. The van der Waals surface area contributed by atoms with Crippen LogP contribution in [-0.2, 0) is 0 Å². The van der Waals surface area contributed by atoms with Gasteiger partial charge >= 0.3 is 0 Å². The van der Waals surface area contributed by atoms with Crippen LogP contribution in [0.25, 0.3) is 51.2 Å². The summed E-state index contributed by atoms with van der Waals surface area (Å²) in [4.78, 5) is 11.4. The van der Waals surface area contributed by atoms with E-state index in [2.05, 4.69) is 50.2 Å². The summed E-state index contributed by atoms with van der Waals surface area (Å²) in [6.07, 6.45) is 3.36. The van der Waals surface area contributed by atoms with Crippen LogP contribution in [0.1, 0.15) is 32.0 Å². The maximum absolute atomic E-state index is 9.16. The first kappa shape index (κ1) is 28.5. The van der Waals surface area contributed by atoms with Crippen molar-refractivity contribution in [3.05, 3.63) is 79.6 Å². The Morgan fingerprint density at radius 3 is 1.07 bits per heavy atom. The lowest BCUT2D eigenvalue weighted by Crippen LogP contribution is -1.77. The topological polar surface area (TPSA) is 95.2 Å². The van der Waals surface area contributed by atoms with Gasteiger partial charge in [-0.05, 0) is 98.5 Å². The van der Waals surface area contributed by atoms with E-state index in [0.717, 1.165) is 20.9 Å². The van der Waals surface area contributed by atoms with E-state index in [0.29, 0.717) is 0 Å². The van der Waals surface area contributed by atoms with E-state index in [4.69, 9.17) is 21.0 Å². The van der Waals surface area contributed by atoms with Crippen molar-refractivity contribution in [2.24, 2.45) is 0 Å². The SMILES string of the molecule is Cc1c(C=C(C#N)C#N)sc(-c2ccc(-c3ccc(-c4ccc(-c5sc(C=C(C#N)C#N)c(C)c5C)s4)s3)s2)c1C. The van der Waals surface area contributed by atoms with Gasteiger partial charge < -0.3 is 0 Å². The lowest BCUT2D eigenvalue weighted by Gasteiger charge is -1.96. The van der Waals surface area contributed by atoms with Crippen LogP contribution in [0.5, 0.6) is 0 Å². The Morgan fingerprint density at radius 2 is 0.756 bits per heavy atom. The monoisotopic (exact) mass is 620 g/mol. The quantitative estimate of drug-likeness (QED) is 0.176. The molecule has 0 saturated carbocycles. The van der Waals surface area contributed by atoms with Gasteiger partial charge in [0.25, 0.3) is 0 Å². The van der Waals surface area contributed by atoms with E-state index >= 15 is 0 Å². The van der Waals surface area contributed by atoms with Crippen molar-refractivity contribution in [1.82, 2.24) is 0 Å². The Kier molecular flexibility index (Phi) is 8.20. The Balaban J connectivity index is 1.41. The molecule has 198 valence electrons. The van der Waals surface area contributed by atoms with Crippen molar-refractivity contribution in [3.63, 3.8) is 0 Å². The van der Waals surface area contributed by atoms with Crippen molar-refractivity contribution in [2.45, 2.75) is 27.7 Å². The minimum absolute atomic E-state index is 0.115. The summed E-state index contributed by atoms with van der Waals surface area (Å²) in [6, 6.07) is 20.8. The third-order valence-corrected chi connectivity index (χ3v) is 13.4. The fraction of sp³-hybridized carbons (Fsp3) is 0.125. The molecule has 5 heterocycles. The number of nitriles is 4. The van der Waals surface area contributed by atoms with Gasteiger partial charge in [-0.15, -0.1) is 56.7 Å². The second-order valence-electron chi connectivity index (χ2n) is 9.15. The molecule has 4 nitrogen and oxygen atoms in total. The Morgan fingerprint density at radius 1 is 0.463 bits per heavy atom. The van der Waals surface area contributed by atoms with Crippen LogP contribution >= 0.6 is 56.7 Å². The third kappa shape index (κ3) is 5.48. The molecular formula is C32H20N4S5. The second-order valence-corrected chi connectivity index (χ2v) is 14.5. The third-order valence-electron chi connectivity index (χ3n) is 6.75. The van der Waals surface area contributed by atoms with E-state index in [1.807, 2.05) is 38.1 Å². The van der Waals surface area contributed by atoms with Crippen molar-refractivity contribution >= 4 is 68.8 Å². The number of hydrogen-bond acceptors (Lipinski definition) is 9. The Hall–Kier alpha value is -4.06. The van der Waals surface area contributed by atoms with Crippen LogP contribution in [0.4, 0.5) is 0 Å². The number of allylic oxidation sites excluding steroid dienone is 2. The highest BCUT2D eigenvalue weighted by atomic mass is 32.1. The summed E-state index contributed by atoms with van der Waals surface area (Å²) in [6.45, 7) is 8.26. The molecule has 41 heavy (non-hydrogen) atoms. The molecule has 0 spiro atoms. The van der Waals surface area contributed by atoms with Gasteiger partial charge in [0, 0.05) is 48.8 Å². The molecule has 9 heteroatoms. The molecule has 0 radical (unpaired) electrons. The summed E-state index contributed by atoms with van der Waals surface area (Å²) >= 11 is 8.53. The molecule has 0 aliphatic heterocycles. The number of nitrogens with zero attached hydrogens (tertiary/aromatic N) is 4. The zero-order chi connectivity index (χ0) is 29.3. The van der Waals surface area contributed by atoms with Crippen molar-refractivity contribution in [3.8, 4) is 63.3 Å². The molecule has 5 aromatic heterocycles. The summed E-state index contributed by atoms with van der Waals surface area (Å²) < 4.78 is 0. The summed E-state index contributed by atoms with van der Waals surface area (Å²) in [5.41, 5.74) is 4.79. The molecule has 0 amide bonds. The van der Waals surface area contributed by atoms with E-state index in [9.17, 15) is 0 Å². The highest BCUT2D eigenvalue weighted by molar-refractivity contribution is 7.30. The van der Waals surface area contributed by atoms with E-state index < -0.39 is 0 Å². The Bertz CT molecular complexity index is 1860. The van der Waals surface area contributed by atoms with E-state index in [1.165, 1.54) is 50.1 Å². The number of thiophene rings is 5. The molecule has 0 saturated heterocycles. The molecule has 0 bridgehead atoms. The summed E-state index contributed by atoms with van der Waals surface area (Å²) in [7, 11) is 0. The van der Waals surface area contributed by atoms with Crippen LogP contribution < -0.4 is 0 Å². The van der Waals surface area contributed by atoms with Gasteiger partial charge in [0.15, 0.2) is 0 Å². The maximum Gasteiger partial charge on any atom is 0.131 e. The number of rotatable bonds is 6.